The maximum absolute atomic E-state index is 9.31. The SMILES string of the molecule is [2H]c1c([2H])c([2H])c(-c2cccc(-c3cc(C(C)(C)C)cc(C(C)(C)C)c3)c2N2[CH-]N(c3[c-]c(Oc4[c-]c5c(cc4)[Si]4(c6ccccc6)c6ccccc6-c6cccc(c64)N5c4cc(C(C)(C)C)ccn4)ccc3)c3ccccc32)c([2H])c1[2H].[Pt]. The molecule has 7 heteroatoms. The van der Waals surface area contributed by atoms with Gasteiger partial charge >= 0.3 is 0 Å². The molecule has 79 heavy (non-hydrogen) atoms. The van der Waals surface area contributed by atoms with Crippen molar-refractivity contribution >= 4 is 68.8 Å². The number of pyridine rings is 1. The Bertz CT molecular complexity index is 4220. The van der Waals surface area contributed by atoms with Crippen molar-refractivity contribution in [2.24, 2.45) is 0 Å². The fourth-order valence-corrected chi connectivity index (χ4v) is 17.3. The van der Waals surface area contributed by atoms with Crippen LogP contribution in [0.3, 0.4) is 0 Å². The van der Waals surface area contributed by atoms with E-state index in [1.165, 1.54) is 37.4 Å². The zero-order chi connectivity index (χ0) is 58.1. The maximum Gasteiger partial charge on any atom is 0.135 e. The molecule has 5 nitrogen and oxygen atoms in total. The molecule has 0 amide bonds. The van der Waals surface area contributed by atoms with E-state index in [0.717, 1.165) is 50.8 Å². The average Bonchev–Trinajstić information content (AvgIpc) is 1.47. The van der Waals surface area contributed by atoms with Crippen LogP contribution in [0.2, 0.25) is 0 Å². The molecule has 9 aromatic carbocycles. The Balaban J connectivity index is 0.00000694. The van der Waals surface area contributed by atoms with Crippen LogP contribution in [0.4, 0.5) is 39.9 Å². The molecular weight excluding hydrogens is 1160 g/mol. The summed E-state index contributed by atoms with van der Waals surface area (Å²) >= 11 is 0. The summed E-state index contributed by atoms with van der Waals surface area (Å²) in [5.74, 6) is 1.81. The van der Waals surface area contributed by atoms with Gasteiger partial charge in [0.25, 0.3) is 0 Å². The van der Waals surface area contributed by atoms with Gasteiger partial charge in [-0.05, 0) is 95.9 Å². The second kappa shape index (κ2) is 19.5. The van der Waals surface area contributed by atoms with Crippen molar-refractivity contribution in [3.63, 3.8) is 0 Å². The molecule has 0 bridgehead atoms. The molecule has 10 aromatic rings. The minimum atomic E-state index is -2.95. The van der Waals surface area contributed by atoms with Gasteiger partial charge in [-0.15, -0.1) is 47.9 Å². The molecule has 4 heterocycles. The van der Waals surface area contributed by atoms with Crippen molar-refractivity contribution in [3.8, 4) is 44.9 Å². The van der Waals surface area contributed by atoms with Crippen molar-refractivity contribution in [2.75, 3.05) is 14.7 Å². The second-order valence-electron chi connectivity index (χ2n) is 23.8. The molecule has 0 radical (unpaired) electrons. The minimum absolute atomic E-state index is 0. The van der Waals surface area contributed by atoms with Crippen molar-refractivity contribution in [1.82, 2.24) is 4.98 Å². The molecule has 0 fully saturated rings. The molecule has 3 aliphatic rings. The van der Waals surface area contributed by atoms with Gasteiger partial charge in [0.2, 0.25) is 0 Å². The van der Waals surface area contributed by atoms with Crippen LogP contribution in [0, 0.1) is 18.8 Å². The van der Waals surface area contributed by atoms with E-state index in [1.54, 1.807) is 0 Å². The molecule has 0 saturated heterocycles. The Labute approximate surface area is 489 Å². The first-order valence-corrected chi connectivity index (χ1v) is 28.9. The molecule has 394 valence electrons. The van der Waals surface area contributed by atoms with E-state index >= 15 is 0 Å². The summed E-state index contributed by atoms with van der Waals surface area (Å²) in [6.07, 6.45) is 1.92. The number of hydrogen-bond acceptors (Lipinski definition) is 5. The quantitative estimate of drug-likeness (QED) is 0.112. The number of benzene rings is 9. The summed E-state index contributed by atoms with van der Waals surface area (Å²) in [6.45, 7) is 22.0. The van der Waals surface area contributed by atoms with Gasteiger partial charge in [0, 0.05) is 72.6 Å². The van der Waals surface area contributed by atoms with Gasteiger partial charge in [-0.2, -0.15) is 12.1 Å². The molecule has 3 aliphatic heterocycles. The number of aromatic nitrogens is 1. The smallest absolute Gasteiger partial charge is 0.135 e. The summed E-state index contributed by atoms with van der Waals surface area (Å²) in [5.41, 5.74) is 12.9. The van der Waals surface area contributed by atoms with E-state index in [-0.39, 0.29) is 55.0 Å². The Morgan fingerprint density at radius 2 is 1.10 bits per heavy atom. The van der Waals surface area contributed by atoms with Crippen LogP contribution >= 0.6 is 0 Å². The fourth-order valence-electron chi connectivity index (χ4n) is 11.8. The number of hydrogen-bond donors (Lipinski definition) is 0. The zero-order valence-corrected chi connectivity index (χ0v) is 49.2. The van der Waals surface area contributed by atoms with E-state index in [4.69, 9.17) is 13.8 Å². The third-order valence-corrected chi connectivity index (χ3v) is 20.7. The first kappa shape index (κ1) is 46.2. The van der Waals surface area contributed by atoms with Crippen LogP contribution in [-0.2, 0) is 37.3 Å². The van der Waals surface area contributed by atoms with Crippen LogP contribution in [0.25, 0.3) is 33.4 Å². The number of anilines is 7. The van der Waals surface area contributed by atoms with E-state index in [2.05, 4.69) is 223 Å². The van der Waals surface area contributed by atoms with Crippen molar-refractivity contribution < 1.29 is 32.7 Å². The predicted molar refractivity (Wildman–Crippen MR) is 328 cm³/mol. The second-order valence-corrected chi connectivity index (χ2v) is 27.4. The molecular formula is C72H63N4OPtSi-3. The third-order valence-electron chi connectivity index (χ3n) is 15.7. The Morgan fingerprint density at radius 3 is 1.82 bits per heavy atom. The monoisotopic (exact) mass is 1230 g/mol. The van der Waals surface area contributed by atoms with Crippen LogP contribution in [0.5, 0.6) is 11.5 Å². The standard InChI is InChI=1S/C72H63N4OSi.Pt/c1-70(2,3)50-39-40-73-67(44-50)76-63-35-22-32-60-59-29-16-19-36-65(59)78(69(60)63,56-27-14-11-15-28-56)66-38-37-55(46-64(66)76)77-54-26-20-25-53(45-54)74-47-75(62-34-18-17-33-61(62)74)68-57(48-23-12-10-13-24-48)30-21-31-58(68)49-41-51(71(4,5)6)43-52(42-49)72(7,8)9;/h10-44,47H,1-9H3;/q-3;/i10D,12D,13D,23D,24D;. The van der Waals surface area contributed by atoms with E-state index in [0.29, 0.717) is 28.4 Å². The normalized spacial score (nSPS) is 16.1. The molecule has 0 N–H and O–H groups in total. The van der Waals surface area contributed by atoms with Gasteiger partial charge in [0.15, 0.2) is 0 Å². The molecule has 1 aromatic heterocycles. The third kappa shape index (κ3) is 8.76. The largest absolute Gasteiger partial charge is 0.509 e. The van der Waals surface area contributed by atoms with Gasteiger partial charge in [-0.1, -0.05) is 219 Å². The number of fused-ring (bicyclic) bond motifs is 6. The molecule has 1 atom stereocenters. The van der Waals surface area contributed by atoms with E-state index in [1.807, 2.05) is 55.3 Å². The summed E-state index contributed by atoms with van der Waals surface area (Å²) < 4.78 is 51.8. The molecule has 13 rings (SSSR count). The van der Waals surface area contributed by atoms with Gasteiger partial charge in [-0.25, -0.2) is 4.98 Å². The summed E-state index contributed by atoms with van der Waals surface area (Å²) in [6, 6.07) is 67.7. The maximum atomic E-state index is 9.31. The van der Waals surface area contributed by atoms with Crippen molar-refractivity contribution in [3.05, 3.63) is 248 Å². The summed E-state index contributed by atoms with van der Waals surface area (Å²) in [4.78, 5) is 11.6. The Kier molecular flexibility index (Phi) is 11.4. The molecule has 0 aliphatic carbocycles. The summed E-state index contributed by atoms with van der Waals surface area (Å²) in [7, 11) is -2.95. The van der Waals surface area contributed by atoms with Crippen LogP contribution in [-0.4, -0.2) is 13.1 Å². The average molecular weight is 1230 g/mol. The number of rotatable bonds is 8. The molecule has 0 saturated carbocycles. The van der Waals surface area contributed by atoms with Gasteiger partial charge in [0.05, 0.1) is 6.85 Å². The first-order valence-electron chi connectivity index (χ1n) is 29.4. The van der Waals surface area contributed by atoms with E-state index in [9.17, 15) is 2.74 Å². The van der Waals surface area contributed by atoms with Gasteiger partial charge in [-0.3, -0.25) is 0 Å². The number of para-hydroxylation sites is 3. The van der Waals surface area contributed by atoms with Crippen LogP contribution < -0.4 is 40.2 Å². The predicted octanol–water partition coefficient (Wildman–Crippen LogP) is 16.2. The van der Waals surface area contributed by atoms with Crippen molar-refractivity contribution in [1.29, 1.82) is 0 Å². The van der Waals surface area contributed by atoms with Gasteiger partial charge < -0.3 is 19.4 Å². The van der Waals surface area contributed by atoms with Crippen LogP contribution in [0.1, 0.15) is 85.9 Å². The Morgan fingerprint density at radius 1 is 0.506 bits per heavy atom. The first-order chi connectivity index (χ1) is 39.6. The van der Waals surface area contributed by atoms with Crippen molar-refractivity contribution in [2.45, 2.75) is 78.6 Å². The zero-order valence-electron chi connectivity index (χ0n) is 50.9. The van der Waals surface area contributed by atoms with E-state index < -0.39 is 26.2 Å². The number of ether oxygens (including phenoxy) is 1. The summed E-state index contributed by atoms with van der Waals surface area (Å²) in [5, 5.41) is 5.19. The number of nitrogens with zero attached hydrogens (tertiary/aromatic N) is 4. The van der Waals surface area contributed by atoms with Gasteiger partial charge in [0.1, 0.15) is 13.9 Å². The topological polar surface area (TPSA) is 31.8 Å². The Hall–Kier alpha value is -7.76. The minimum Gasteiger partial charge on any atom is -0.509 e. The fraction of sp³-hybridized carbons (Fsp3) is 0.167. The van der Waals surface area contributed by atoms with Crippen LogP contribution in [0.15, 0.2) is 212 Å². The molecule has 1 unspecified atom stereocenters. The molecule has 0 spiro atoms.